The summed E-state index contributed by atoms with van der Waals surface area (Å²) >= 11 is 0. The lowest BCUT2D eigenvalue weighted by Gasteiger charge is -2.35. The lowest BCUT2D eigenvalue weighted by Crippen LogP contribution is -2.48. The number of nitrogens with zero attached hydrogens (tertiary/aromatic N) is 1. The Hall–Kier alpha value is -0.860. The van der Waals surface area contributed by atoms with Gasteiger partial charge in [0.1, 0.15) is 0 Å². The maximum atomic E-state index is 3.88. The number of piperidine rings is 1. The molecule has 2 nitrogen and oxygen atoms in total. The van der Waals surface area contributed by atoms with E-state index in [-0.39, 0.29) is 0 Å². The van der Waals surface area contributed by atoms with Crippen LogP contribution in [-0.2, 0) is 6.54 Å². The van der Waals surface area contributed by atoms with Crippen molar-refractivity contribution in [1.82, 2.24) is 10.2 Å². The molecule has 2 unspecified atom stereocenters. The van der Waals surface area contributed by atoms with Gasteiger partial charge in [-0.15, -0.1) is 0 Å². The molecule has 0 saturated carbocycles. The molecule has 20 heavy (non-hydrogen) atoms. The van der Waals surface area contributed by atoms with Gasteiger partial charge >= 0.3 is 0 Å². The molecule has 1 aliphatic rings. The van der Waals surface area contributed by atoms with Gasteiger partial charge in [-0.05, 0) is 37.8 Å². The van der Waals surface area contributed by atoms with E-state index in [9.17, 15) is 0 Å². The summed E-state index contributed by atoms with van der Waals surface area (Å²) in [5.41, 5.74) is 1.44. The summed E-state index contributed by atoms with van der Waals surface area (Å²) in [6, 6.07) is 12.3. The van der Waals surface area contributed by atoms with Gasteiger partial charge in [-0.25, -0.2) is 0 Å². The summed E-state index contributed by atoms with van der Waals surface area (Å²) in [5, 5.41) is 3.88. The minimum atomic E-state index is 0.684. The maximum Gasteiger partial charge on any atom is 0.0234 e. The SMILES string of the molecule is CCCC(CC)NC1CCCN(Cc2ccccc2)C1. The van der Waals surface area contributed by atoms with E-state index in [1.807, 2.05) is 0 Å². The second-order valence-electron chi connectivity index (χ2n) is 6.12. The second-order valence-corrected chi connectivity index (χ2v) is 6.12. The van der Waals surface area contributed by atoms with E-state index in [0.717, 1.165) is 6.54 Å². The standard InChI is InChI=1S/C18H30N2/c1-3-9-17(4-2)19-18-12-8-13-20(15-18)14-16-10-6-5-7-11-16/h5-7,10-11,17-19H,3-4,8-9,12-15H2,1-2H3. The van der Waals surface area contributed by atoms with Gasteiger partial charge in [-0.3, -0.25) is 4.90 Å². The van der Waals surface area contributed by atoms with Gasteiger partial charge in [0.05, 0.1) is 0 Å². The number of benzene rings is 1. The van der Waals surface area contributed by atoms with E-state index in [1.165, 1.54) is 50.8 Å². The van der Waals surface area contributed by atoms with Crippen molar-refractivity contribution in [1.29, 1.82) is 0 Å². The fourth-order valence-electron chi connectivity index (χ4n) is 3.26. The zero-order valence-corrected chi connectivity index (χ0v) is 13.1. The molecule has 2 atom stereocenters. The third-order valence-corrected chi connectivity index (χ3v) is 4.36. The van der Waals surface area contributed by atoms with Gasteiger partial charge in [0, 0.05) is 25.2 Å². The smallest absolute Gasteiger partial charge is 0.0234 e. The van der Waals surface area contributed by atoms with Crippen LogP contribution in [0.3, 0.4) is 0 Å². The number of likely N-dealkylation sites (tertiary alicyclic amines) is 1. The first-order valence-corrected chi connectivity index (χ1v) is 8.34. The normalized spacial score (nSPS) is 21.8. The van der Waals surface area contributed by atoms with Crippen LogP contribution in [-0.4, -0.2) is 30.1 Å². The molecule has 2 rings (SSSR count). The zero-order chi connectivity index (χ0) is 14.2. The molecule has 1 N–H and O–H groups in total. The Morgan fingerprint density at radius 3 is 2.75 bits per heavy atom. The number of hydrogen-bond acceptors (Lipinski definition) is 2. The molecule has 2 heteroatoms. The topological polar surface area (TPSA) is 15.3 Å². The first-order valence-electron chi connectivity index (χ1n) is 8.34. The number of hydrogen-bond donors (Lipinski definition) is 1. The lowest BCUT2D eigenvalue weighted by molar-refractivity contribution is 0.173. The summed E-state index contributed by atoms with van der Waals surface area (Å²) < 4.78 is 0. The Balaban J connectivity index is 1.82. The molecule has 112 valence electrons. The summed E-state index contributed by atoms with van der Waals surface area (Å²) in [6.07, 6.45) is 6.51. The maximum absolute atomic E-state index is 3.88. The van der Waals surface area contributed by atoms with E-state index >= 15 is 0 Å². The van der Waals surface area contributed by atoms with E-state index in [1.54, 1.807) is 0 Å². The van der Waals surface area contributed by atoms with Crippen LogP contribution >= 0.6 is 0 Å². The molecule has 0 amide bonds. The minimum Gasteiger partial charge on any atom is -0.310 e. The number of nitrogens with one attached hydrogen (secondary N) is 1. The molecular formula is C18H30N2. The summed E-state index contributed by atoms with van der Waals surface area (Å²) in [7, 11) is 0. The highest BCUT2D eigenvalue weighted by Crippen LogP contribution is 2.15. The largest absolute Gasteiger partial charge is 0.310 e. The highest BCUT2D eigenvalue weighted by molar-refractivity contribution is 5.14. The van der Waals surface area contributed by atoms with Crippen LogP contribution in [0.5, 0.6) is 0 Å². The van der Waals surface area contributed by atoms with Crippen molar-refractivity contribution < 1.29 is 0 Å². The van der Waals surface area contributed by atoms with Crippen LogP contribution in [0.1, 0.15) is 51.5 Å². The molecule has 0 aromatic heterocycles. The quantitative estimate of drug-likeness (QED) is 0.813. The van der Waals surface area contributed by atoms with Crippen LogP contribution in [0.4, 0.5) is 0 Å². The molecule has 0 bridgehead atoms. The molecule has 0 spiro atoms. The monoisotopic (exact) mass is 274 g/mol. The zero-order valence-electron chi connectivity index (χ0n) is 13.1. The average Bonchev–Trinajstić information content (AvgIpc) is 2.48. The van der Waals surface area contributed by atoms with Crippen molar-refractivity contribution in [2.75, 3.05) is 13.1 Å². The van der Waals surface area contributed by atoms with Gasteiger partial charge in [-0.2, -0.15) is 0 Å². The van der Waals surface area contributed by atoms with Crippen molar-refractivity contribution in [3.63, 3.8) is 0 Å². The Morgan fingerprint density at radius 2 is 2.05 bits per heavy atom. The predicted octanol–water partition coefficient (Wildman–Crippen LogP) is 3.82. The highest BCUT2D eigenvalue weighted by atomic mass is 15.2. The van der Waals surface area contributed by atoms with E-state index in [4.69, 9.17) is 0 Å². The van der Waals surface area contributed by atoms with Gasteiger partial charge < -0.3 is 5.32 Å². The molecular weight excluding hydrogens is 244 g/mol. The van der Waals surface area contributed by atoms with Crippen molar-refractivity contribution >= 4 is 0 Å². The van der Waals surface area contributed by atoms with Gasteiger partial charge in [0.25, 0.3) is 0 Å². The first kappa shape index (κ1) is 15.5. The van der Waals surface area contributed by atoms with Crippen LogP contribution in [0.15, 0.2) is 30.3 Å². The van der Waals surface area contributed by atoms with E-state index in [2.05, 4.69) is 54.4 Å². The minimum absolute atomic E-state index is 0.684. The van der Waals surface area contributed by atoms with Crippen molar-refractivity contribution in [3.05, 3.63) is 35.9 Å². The lowest BCUT2D eigenvalue weighted by atomic mass is 10.0. The predicted molar refractivity (Wildman–Crippen MR) is 86.9 cm³/mol. The Bertz CT molecular complexity index is 363. The molecule has 0 radical (unpaired) electrons. The van der Waals surface area contributed by atoms with Gasteiger partial charge in [0.2, 0.25) is 0 Å². The Kier molecular flexibility index (Phi) is 6.55. The van der Waals surface area contributed by atoms with E-state index in [0.29, 0.717) is 12.1 Å². The molecule has 1 heterocycles. The molecule has 1 saturated heterocycles. The van der Waals surface area contributed by atoms with Crippen LogP contribution in [0.25, 0.3) is 0 Å². The second kappa shape index (κ2) is 8.43. The fourth-order valence-corrected chi connectivity index (χ4v) is 3.26. The third-order valence-electron chi connectivity index (χ3n) is 4.36. The van der Waals surface area contributed by atoms with Crippen LogP contribution in [0, 0.1) is 0 Å². The molecule has 1 fully saturated rings. The van der Waals surface area contributed by atoms with Crippen molar-refractivity contribution in [3.8, 4) is 0 Å². The van der Waals surface area contributed by atoms with Crippen molar-refractivity contribution in [2.45, 2.75) is 64.6 Å². The molecule has 1 aromatic rings. The number of rotatable bonds is 7. The van der Waals surface area contributed by atoms with E-state index < -0.39 is 0 Å². The highest BCUT2D eigenvalue weighted by Gasteiger charge is 2.21. The first-order chi connectivity index (χ1) is 9.81. The average molecular weight is 274 g/mol. The van der Waals surface area contributed by atoms with Gasteiger partial charge in [0.15, 0.2) is 0 Å². The molecule has 0 aliphatic carbocycles. The molecule has 1 aliphatic heterocycles. The van der Waals surface area contributed by atoms with Crippen molar-refractivity contribution in [2.24, 2.45) is 0 Å². The van der Waals surface area contributed by atoms with Gasteiger partial charge in [-0.1, -0.05) is 50.6 Å². The summed E-state index contributed by atoms with van der Waals surface area (Å²) in [5.74, 6) is 0. The Labute approximate surface area is 124 Å². The fraction of sp³-hybridized carbons (Fsp3) is 0.667. The molecule has 1 aromatic carbocycles. The summed E-state index contributed by atoms with van der Waals surface area (Å²) in [6.45, 7) is 8.14. The van der Waals surface area contributed by atoms with Crippen LogP contribution < -0.4 is 5.32 Å². The van der Waals surface area contributed by atoms with Crippen LogP contribution in [0.2, 0.25) is 0 Å². The third kappa shape index (κ3) is 4.92. The summed E-state index contributed by atoms with van der Waals surface area (Å²) in [4.78, 5) is 2.61. The Morgan fingerprint density at radius 1 is 1.25 bits per heavy atom.